The van der Waals surface area contributed by atoms with Crippen molar-refractivity contribution in [1.82, 2.24) is 9.97 Å². The fourth-order valence-electron chi connectivity index (χ4n) is 3.31. The number of rotatable bonds is 5. The van der Waals surface area contributed by atoms with Crippen molar-refractivity contribution < 1.29 is 19.1 Å². The van der Waals surface area contributed by atoms with Gasteiger partial charge in [0.2, 0.25) is 0 Å². The van der Waals surface area contributed by atoms with Crippen LogP contribution in [-0.4, -0.2) is 54.9 Å². The molecule has 2 atom stereocenters. The lowest BCUT2D eigenvalue weighted by molar-refractivity contribution is -0.00549. The number of hydrogen-bond acceptors (Lipinski definition) is 7. The maximum Gasteiger partial charge on any atom is 0.155 e. The number of nitrogens with zero attached hydrogens (tertiary/aromatic N) is 3. The Balaban J connectivity index is 2.03. The minimum atomic E-state index is 0.0632. The molecule has 7 nitrogen and oxygen atoms in total. The lowest BCUT2D eigenvalue weighted by atomic mass is 10.0. The van der Waals surface area contributed by atoms with E-state index >= 15 is 0 Å². The average molecular weight is 355 g/mol. The predicted octanol–water partition coefficient (Wildman–Crippen LogP) is 2.39. The van der Waals surface area contributed by atoms with Gasteiger partial charge in [-0.2, -0.15) is 0 Å². The van der Waals surface area contributed by atoms with Crippen molar-refractivity contribution >= 4 is 18.4 Å². The molecule has 0 bridgehead atoms. The van der Waals surface area contributed by atoms with Gasteiger partial charge < -0.3 is 14.4 Å². The van der Waals surface area contributed by atoms with Crippen molar-refractivity contribution in [2.24, 2.45) is 0 Å². The summed E-state index contributed by atoms with van der Waals surface area (Å²) in [5, 5.41) is 0. The second-order valence-corrected chi connectivity index (χ2v) is 6.34. The Labute approximate surface area is 152 Å². The maximum atomic E-state index is 11.7. The van der Waals surface area contributed by atoms with Crippen molar-refractivity contribution in [1.29, 1.82) is 0 Å². The lowest BCUT2D eigenvalue weighted by Gasteiger charge is -2.36. The Hall–Kier alpha value is -2.80. The molecule has 7 heteroatoms. The molecule has 1 fully saturated rings. The highest BCUT2D eigenvalue weighted by molar-refractivity contribution is 5.89. The Morgan fingerprint density at radius 2 is 1.81 bits per heavy atom. The molecular weight excluding hydrogens is 334 g/mol. The van der Waals surface area contributed by atoms with Gasteiger partial charge in [0, 0.05) is 42.8 Å². The molecule has 1 aliphatic heterocycles. The van der Waals surface area contributed by atoms with Crippen molar-refractivity contribution in [3.63, 3.8) is 0 Å². The Morgan fingerprint density at radius 1 is 1.12 bits per heavy atom. The van der Waals surface area contributed by atoms with Crippen LogP contribution in [0.1, 0.15) is 34.6 Å². The third-order valence-corrected chi connectivity index (χ3v) is 4.31. The van der Waals surface area contributed by atoms with Crippen LogP contribution in [0, 0.1) is 0 Å². The van der Waals surface area contributed by atoms with E-state index in [0.29, 0.717) is 53.2 Å². The number of morpholine rings is 1. The third-order valence-electron chi connectivity index (χ3n) is 4.31. The Morgan fingerprint density at radius 3 is 2.42 bits per heavy atom. The number of hydrogen-bond donors (Lipinski definition) is 0. The van der Waals surface area contributed by atoms with Crippen molar-refractivity contribution in [2.45, 2.75) is 26.1 Å². The van der Waals surface area contributed by atoms with Crippen LogP contribution in [0.25, 0.3) is 11.1 Å². The Bertz CT molecular complexity index is 814. The zero-order valence-corrected chi connectivity index (χ0v) is 15.0. The predicted molar refractivity (Wildman–Crippen MR) is 97.0 cm³/mol. The lowest BCUT2D eigenvalue weighted by Crippen LogP contribution is -2.46. The second-order valence-electron chi connectivity index (χ2n) is 6.34. The van der Waals surface area contributed by atoms with Crippen LogP contribution in [0.4, 0.5) is 5.82 Å². The van der Waals surface area contributed by atoms with E-state index in [1.165, 1.54) is 13.3 Å². The zero-order chi connectivity index (χ0) is 18.7. The molecule has 0 saturated carbocycles. The number of methoxy groups -OCH3 is 1. The van der Waals surface area contributed by atoms with Crippen molar-refractivity contribution in [3.8, 4) is 16.9 Å². The van der Waals surface area contributed by atoms with E-state index < -0.39 is 0 Å². The van der Waals surface area contributed by atoms with Gasteiger partial charge in [0.15, 0.2) is 12.6 Å². The van der Waals surface area contributed by atoms with Gasteiger partial charge in [-0.25, -0.2) is 4.98 Å². The number of ether oxygens (including phenoxy) is 2. The van der Waals surface area contributed by atoms with Gasteiger partial charge in [-0.15, -0.1) is 0 Å². The molecule has 1 saturated heterocycles. The molecule has 0 spiro atoms. The van der Waals surface area contributed by atoms with Gasteiger partial charge >= 0.3 is 0 Å². The molecule has 0 aromatic carbocycles. The molecule has 3 rings (SSSR count). The third kappa shape index (κ3) is 3.43. The second kappa shape index (κ2) is 7.61. The highest BCUT2D eigenvalue weighted by atomic mass is 16.5. The van der Waals surface area contributed by atoms with E-state index in [4.69, 9.17) is 9.47 Å². The molecule has 26 heavy (non-hydrogen) atoms. The summed E-state index contributed by atoms with van der Waals surface area (Å²) in [6, 6.07) is 1.74. The van der Waals surface area contributed by atoms with E-state index in [0.717, 1.165) is 6.29 Å². The summed E-state index contributed by atoms with van der Waals surface area (Å²) >= 11 is 0. The first kappa shape index (κ1) is 18.0. The van der Waals surface area contributed by atoms with Crippen LogP contribution < -0.4 is 9.64 Å². The number of aromatic nitrogens is 2. The largest absolute Gasteiger partial charge is 0.495 e. The quantitative estimate of drug-likeness (QED) is 0.762. The van der Waals surface area contributed by atoms with E-state index in [9.17, 15) is 9.59 Å². The summed E-state index contributed by atoms with van der Waals surface area (Å²) < 4.78 is 11.1. The van der Waals surface area contributed by atoms with Gasteiger partial charge in [-0.3, -0.25) is 14.6 Å². The number of carbonyl (C=O) groups is 2. The average Bonchev–Trinajstić information content (AvgIpc) is 2.65. The summed E-state index contributed by atoms with van der Waals surface area (Å²) in [4.78, 5) is 33.5. The monoisotopic (exact) mass is 355 g/mol. The number of carbonyl (C=O) groups excluding carboxylic acids is 2. The summed E-state index contributed by atoms with van der Waals surface area (Å²) in [6.45, 7) is 5.34. The van der Waals surface area contributed by atoms with Gasteiger partial charge in [0.1, 0.15) is 11.6 Å². The summed E-state index contributed by atoms with van der Waals surface area (Å²) in [5.41, 5.74) is 2.10. The van der Waals surface area contributed by atoms with Crippen molar-refractivity contribution in [2.75, 3.05) is 25.1 Å². The topological polar surface area (TPSA) is 81.6 Å². The first-order valence-corrected chi connectivity index (χ1v) is 8.40. The van der Waals surface area contributed by atoms with Gasteiger partial charge in [-0.05, 0) is 19.9 Å². The summed E-state index contributed by atoms with van der Waals surface area (Å²) in [6.07, 6.45) is 6.31. The smallest absolute Gasteiger partial charge is 0.155 e. The summed E-state index contributed by atoms with van der Waals surface area (Å²) in [7, 11) is 1.49. The standard InChI is InChI=1S/C19H21N3O4/c1-12-8-22(9-13(2)26-12)19-15(10-23)4-14(6-21-19)17-7-20-5-16(11-24)18(17)25-3/h4-7,10-13H,8-9H2,1-3H3/t12-,13+. The molecule has 0 N–H and O–H groups in total. The highest BCUT2D eigenvalue weighted by Gasteiger charge is 2.25. The van der Waals surface area contributed by atoms with Crippen molar-refractivity contribution in [3.05, 3.63) is 35.8 Å². The molecule has 0 aliphatic carbocycles. The van der Waals surface area contributed by atoms with Crippen LogP contribution in [-0.2, 0) is 4.74 Å². The fraction of sp³-hybridized carbons (Fsp3) is 0.368. The molecule has 136 valence electrons. The SMILES string of the molecule is COc1c(C=O)cncc1-c1cnc(N2C[C@@H](C)O[C@@H](C)C2)c(C=O)c1. The number of aldehydes is 2. The highest BCUT2D eigenvalue weighted by Crippen LogP contribution is 2.33. The molecule has 0 unspecified atom stereocenters. The molecule has 2 aromatic rings. The van der Waals surface area contributed by atoms with Gasteiger partial charge in [-0.1, -0.05) is 0 Å². The van der Waals surface area contributed by atoms with Crippen LogP contribution in [0.5, 0.6) is 5.75 Å². The summed E-state index contributed by atoms with van der Waals surface area (Å²) in [5.74, 6) is 1.04. The van der Waals surface area contributed by atoms with Crippen LogP contribution in [0.15, 0.2) is 24.7 Å². The van der Waals surface area contributed by atoms with Gasteiger partial charge in [0.25, 0.3) is 0 Å². The Kier molecular flexibility index (Phi) is 5.27. The van der Waals surface area contributed by atoms with E-state index in [2.05, 4.69) is 14.9 Å². The molecule has 3 heterocycles. The molecule has 0 radical (unpaired) electrons. The first-order chi connectivity index (χ1) is 12.6. The number of anilines is 1. The molecule has 2 aromatic heterocycles. The van der Waals surface area contributed by atoms with Crippen LogP contribution in [0.2, 0.25) is 0 Å². The van der Waals surface area contributed by atoms with Crippen LogP contribution >= 0.6 is 0 Å². The molecule has 0 amide bonds. The van der Waals surface area contributed by atoms with E-state index in [1.807, 2.05) is 13.8 Å². The van der Waals surface area contributed by atoms with Gasteiger partial charge in [0.05, 0.1) is 30.4 Å². The van der Waals surface area contributed by atoms with Crippen LogP contribution in [0.3, 0.4) is 0 Å². The minimum Gasteiger partial charge on any atom is -0.495 e. The number of pyridine rings is 2. The molecule has 1 aliphatic rings. The maximum absolute atomic E-state index is 11.7. The van der Waals surface area contributed by atoms with E-state index in [1.54, 1.807) is 18.5 Å². The van der Waals surface area contributed by atoms with E-state index in [-0.39, 0.29) is 12.2 Å². The fourth-order valence-corrected chi connectivity index (χ4v) is 3.31. The normalized spacial score (nSPS) is 19.9. The molecular formula is C19H21N3O4. The first-order valence-electron chi connectivity index (χ1n) is 8.40. The minimum absolute atomic E-state index is 0.0632. The zero-order valence-electron chi connectivity index (χ0n) is 15.0.